The molecule has 1 aromatic carbocycles. The zero-order chi connectivity index (χ0) is 19.3. The molecule has 0 aliphatic heterocycles. The molecule has 0 saturated heterocycles. The predicted molar refractivity (Wildman–Crippen MR) is 107 cm³/mol. The van der Waals surface area contributed by atoms with Crippen molar-refractivity contribution in [2.24, 2.45) is 0 Å². The monoisotopic (exact) mass is 372 g/mol. The standard InChI is InChI=1S/C21H20N6O/c1-14-5-3-4-6-18(14)20-26-21(28-27-20)16-7-8-19(24-12-16)25-15(2)11-17-13-22-9-10-23-17/h3-10,12-13,15H,11H2,1-2H3,(H,24,25). The summed E-state index contributed by atoms with van der Waals surface area (Å²) in [5.74, 6) is 1.80. The Labute approximate surface area is 162 Å². The summed E-state index contributed by atoms with van der Waals surface area (Å²) in [6.07, 6.45) is 7.64. The van der Waals surface area contributed by atoms with Crippen LogP contribution in [0.1, 0.15) is 18.2 Å². The molecule has 3 aromatic heterocycles. The fourth-order valence-corrected chi connectivity index (χ4v) is 2.93. The van der Waals surface area contributed by atoms with Crippen molar-refractivity contribution in [1.29, 1.82) is 0 Å². The molecular formula is C21H20N6O. The zero-order valence-corrected chi connectivity index (χ0v) is 15.7. The highest BCUT2D eigenvalue weighted by molar-refractivity contribution is 5.62. The molecule has 1 N–H and O–H groups in total. The van der Waals surface area contributed by atoms with Crippen molar-refractivity contribution in [2.45, 2.75) is 26.3 Å². The fourth-order valence-electron chi connectivity index (χ4n) is 2.93. The molecule has 1 atom stereocenters. The van der Waals surface area contributed by atoms with Gasteiger partial charge in [-0.2, -0.15) is 4.98 Å². The van der Waals surface area contributed by atoms with Gasteiger partial charge in [0.1, 0.15) is 5.82 Å². The summed E-state index contributed by atoms with van der Waals surface area (Å²) < 4.78 is 5.42. The van der Waals surface area contributed by atoms with E-state index in [0.29, 0.717) is 11.7 Å². The molecular weight excluding hydrogens is 352 g/mol. The fraction of sp³-hybridized carbons (Fsp3) is 0.190. The summed E-state index contributed by atoms with van der Waals surface area (Å²) in [6.45, 7) is 4.10. The number of hydrogen-bond donors (Lipinski definition) is 1. The second kappa shape index (κ2) is 7.96. The average molecular weight is 372 g/mol. The highest BCUT2D eigenvalue weighted by Crippen LogP contribution is 2.24. The van der Waals surface area contributed by atoms with Crippen LogP contribution in [0.3, 0.4) is 0 Å². The molecule has 0 amide bonds. The minimum atomic E-state index is 0.172. The van der Waals surface area contributed by atoms with E-state index in [2.05, 4.69) is 37.3 Å². The van der Waals surface area contributed by atoms with E-state index >= 15 is 0 Å². The number of hydrogen-bond acceptors (Lipinski definition) is 7. The largest absolute Gasteiger partial charge is 0.367 e. The van der Waals surface area contributed by atoms with Gasteiger partial charge in [0.25, 0.3) is 5.89 Å². The van der Waals surface area contributed by atoms with E-state index in [-0.39, 0.29) is 6.04 Å². The van der Waals surface area contributed by atoms with E-state index < -0.39 is 0 Å². The summed E-state index contributed by atoms with van der Waals surface area (Å²) in [5.41, 5.74) is 3.78. The Kier molecular flexibility index (Phi) is 5.05. The normalized spacial score (nSPS) is 11.9. The van der Waals surface area contributed by atoms with E-state index in [1.807, 2.05) is 43.3 Å². The molecule has 7 heteroatoms. The molecule has 0 aliphatic carbocycles. The van der Waals surface area contributed by atoms with Gasteiger partial charge in [-0.15, -0.1) is 0 Å². The van der Waals surface area contributed by atoms with Gasteiger partial charge in [-0.25, -0.2) is 4.98 Å². The smallest absolute Gasteiger partial charge is 0.259 e. The molecule has 7 nitrogen and oxygen atoms in total. The van der Waals surface area contributed by atoms with E-state index in [4.69, 9.17) is 4.52 Å². The molecule has 140 valence electrons. The van der Waals surface area contributed by atoms with Gasteiger partial charge in [-0.3, -0.25) is 9.97 Å². The Hall–Kier alpha value is -3.61. The van der Waals surface area contributed by atoms with E-state index in [1.54, 1.807) is 24.8 Å². The first kappa shape index (κ1) is 17.8. The van der Waals surface area contributed by atoms with Crippen LogP contribution in [-0.2, 0) is 6.42 Å². The summed E-state index contributed by atoms with van der Waals surface area (Å²) in [7, 11) is 0. The minimum Gasteiger partial charge on any atom is -0.367 e. The topological polar surface area (TPSA) is 89.6 Å². The minimum absolute atomic E-state index is 0.172. The first-order valence-electron chi connectivity index (χ1n) is 9.06. The third kappa shape index (κ3) is 4.03. The maximum atomic E-state index is 5.42. The first-order valence-corrected chi connectivity index (χ1v) is 9.06. The Morgan fingerprint density at radius 1 is 1.04 bits per heavy atom. The van der Waals surface area contributed by atoms with Gasteiger partial charge in [0.15, 0.2) is 0 Å². The van der Waals surface area contributed by atoms with Crippen molar-refractivity contribution in [3.05, 3.63) is 72.4 Å². The highest BCUT2D eigenvalue weighted by atomic mass is 16.5. The number of nitrogens with one attached hydrogen (secondary N) is 1. The number of anilines is 1. The summed E-state index contributed by atoms with van der Waals surface area (Å²) in [4.78, 5) is 17.4. The average Bonchev–Trinajstić information content (AvgIpc) is 3.19. The first-order chi connectivity index (χ1) is 13.7. The maximum absolute atomic E-state index is 5.42. The third-order valence-corrected chi connectivity index (χ3v) is 4.35. The third-order valence-electron chi connectivity index (χ3n) is 4.35. The van der Waals surface area contributed by atoms with Crippen molar-refractivity contribution in [2.75, 3.05) is 5.32 Å². The lowest BCUT2D eigenvalue weighted by atomic mass is 10.1. The molecule has 0 aliphatic rings. The summed E-state index contributed by atoms with van der Waals surface area (Å²) in [6, 6.07) is 11.9. The number of benzene rings is 1. The molecule has 0 spiro atoms. The number of aromatic nitrogens is 5. The molecule has 1 unspecified atom stereocenters. The van der Waals surface area contributed by atoms with Crippen molar-refractivity contribution in [1.82, 2.24) is 25.1 Å². The number of aryl methyl sites for hydroxylation is 1. The summed E-state index contributed by atoms with van der Waals surface area (Å²) >= 11 is 0. The van der Waals surface area contributed by atoms with Gasteiger partial charge in [-0.05, 0) is 31.5 Å². The van der Waals surface area contributed by atoms with E-state index in [1.165, 1.54) is 0 Å². The molecule has 4 rings (SSSR count). The summed E-state index contributed by atoms with van der Waals surface area (Å²) in [5, 5.41) is 7.46. The second-order valence-corrected chi connectivity index (χ2v) is 6.62. The lowest BCUT2D eigenvalue weighted by Gasteiger charge is -2.13. The van der Waals surface area contributed by atoms with Crippen LogP contribution in [-0.4, -0.2) is 31.1 Å². The molecule has 0 fully saturated rings. The van der Waals surface area contributed by atoms with E-state index in [9.17, 15) is 0 Å². The maximum Gasteiger partial charge on any atom is 0.259 e. The van der Waals surface area contributed by atoms with Crippen LogP contribution in [0, 0.1) is 6.92 Å². The van der Waals surface area contributed by atoms with Crippen LogP contribution in [0.5, 0.6) is 0 Å². The quantitative estimate of drug-likeness (QED) is 0.548. The van der Waals surface area contributed by atoms with Gasteiger partial charge >= 0.3 is 0 Å². The van der Waals surface area contributed by atoms with Gasteiger partial charge in [0.05, 0.1) is 11.3 Å². The lowest BCUT2D eigenvalue weighted by molar-refractivity contribution is 0.432. The zero-order valence-electron chi connectivity index (χ0n) is 15.7. The molecule has 4 aromatic rings. The van der Waals surface area contributed by atoms with Crippen molar-refractivity contribution in [3.63, 3.8) is 0 Å². The molecule has 0 bridgehead atoms. The van der Waals surface area contributed by atoms with E-state index in [0.717, 1.165) is 34.6 Å². The molecule has 0 saturated carbocycles. The Balaban J connectivity index is 1.44. The van der Waals surface area contributed by atoms with Crippen LogP contribution < -0.4 is 5.32 Å². The van der Waals surface area contributed by atoms with Crippen molar-refractivity contribution >= 4 is 5.82 Å². The number of pyridine rings is 1. The van der Waals surface area contributed by atoms with Crippen LogP contribution >= 0.6 is 0 Å². The lowest BCUT2D eigenvalue weighted by Crippen LogP contribution is -2.19. The SMILES string of the molecule is Cc1ccccc1-c1noc(-c2ccc(NC(C)Cc3cnccn3)nc2)n1. The second-order valence-electron chi connectivity index (χ2n) is 6.62. The number of nitrogens with zero attached hydrogens (tertiary/aromatic N) is 5. The van der Waals surface area contributed by atoms with Crippen LogP contribution in [0.15, 0.2) is 65.7 Å². The number of rotatable bonds is 6. The molecule has 3 heterocycles. The van der Waals surface area contributed by atoms with Gasteiger partial charge in [-0.1, -0.05) is 29.4 Å². The predicted octanol–water partition coefficient (Wildman–Crippen LogP) is 3.94. The van der Waals surface area contributed by atoms with Crippen LogP contribution in [0.4, 0.5) is 5.82 Å². The van der Waals surface area contributed by atoms with Crippen LogP contribution in [0.2, 0.25) is 0 Å². The van der Waals surface area contributed by atoms with Crippen LogP contribution in [0.25, 0.3) is 22.8 Å². The van der Waals surface area contributed by atoms with Gasteiger partial charge in [0.2, 0.25) is 5.82 Å². The van der Waals surface area contributed by atoms with Crippen molar-refractivity contribution < 1.29 is 4.52 Å². The Morgan fingerprint density at radius 3 is 2.68 bits per heavy atom. The Bertz CT molecular complexity index is 1050. The van der Waals surface area contributed by atoms with Gasteiger partial charge in [0, 0.05) is 42.8 Å². The molecule has 28 heavy (non-hydrogen) atoms. The molecule has 0 radical (unpaired) electrons. The highest BCUT2D eigenvalue weighted by Gasteiger charge is 2.13. The van der Waals surface area contributed by atoms with Crippen molar-refractivity contribution in [3.8, 4) is 22.8 Å². The van der Waals surface area contributed by atoms with Gasteiger partial charge < -0.3 is 9.84 Å². The Morgan fingerprint density at radius 2 is 1.93 bits per heavy atom.